The topological polar surface area (TPSA) is 63.8 Å². The lowest BCUT2D eigenvalue weighted by Crippen LogP contribution is -2.12. The number of thioether (sulfide) groups is 1. The molecule has 6 heteroatoms. The van der Waals surface area contributed by atoms with Crippen LogP contribution in [-0.2, 0) is 11.5 Å². The van der Waals surface area contributed by atoms with Gasteiger partial charge in [-0.3, -0.25) is 0 Å². The minimum atomic E-state index is -0.298. The molecule has 0 fully saturated rings. The molecule has 0 spiro atoms. The Morgan fingerprint density at radius 3 is 2.94 bits per heavy atom. The van der Waals surface area contributed by atoms with Gasteiger partial charge in [-0.25, -0.2) is 20.2 Å². The Balaban J connectivity index is 2.13. The van der Waals surface area contributed by atoms with Crippen LogP contribution in [0.15, 0.2) is 24.3 Å². The van der Waals surface area contributed by atoms with Crippen molar-refractivity contribution < 1.29 is 4.39 Å². The van der Waals surface area contributed by atoms with Crippen LogP contribution in [0.4, 0.5) is 10.2 Å². The molecule has 2 aromatic rings. The molecule has 0 radical (unpaired) electrons. The summed E-state index contributed by atoms with van der Waals surface area (Å²) in [6, 6.07) is 6.25. The zero-order chi connectivity index (χ0) is 12.5. The number of nitrogens with two attached hydrogens (primary N) is 1. The second-order valence-electron chi connectivity index (χ2n) is 3.97. The Bertz CT molecular complexity index is 603. The van der Waals surface area contributed by atoms with Gasteiger partial charge in [-0.1, -0.05) is 12.1 Å². The van der Waals surface area contributed by atoms with E-state index in [1.165, 1.54) is 12.1 Å². The van der Waals surface area contributed by atoms with Crippen LogP contribution >= 0.6 is 11.8 Å². The predicted molar refractivity (Wildman–Crippen MR) is 70.2 cm³/mol. The third kappa shape index (κ3) is 1.93. The van der Waals surface area contributed by atoms with E-state index < -0.39 is 0 Å². The third-order valence-corrected chi connectivity index (χ3v) is 3.77. The first-order chi connectivity index (χ1) is 8.78. The van der Waals surface area contributed by atoms with E-state index in [-0.39, 0.29) is 5.82 Å². The van der Waals surface area contributed by atoms with Crippen molar-refractivity contribution in [3.63, 3.8) is 0 Å². The summed E-state index contributed by atoms with van der Waals surface area (Å²) in [4.78, 5) is 8.83. The molecule has 1 aliphatic rings. The molecular formula is C12H11FN4S. The lowest BCUT2D eigenvalue weighted by molar-refractivity contribution is 0.628. The highest BCUT2D eigenvalue weighted by Crippen LogP contribution is 2.34. The lowest BCUT2D eigenvalue weighted by Gasteiger charge is -2.08. The molecule has 0 atom stereocenters. The number of hydrazine groups is 1. The zero-order valence-electron chi connectivity index (χ0n) is 9.48. The molecule has 0 saturated carbocycles. The first-order valence-electron chi connectivity index (χ1n) is 5.48. The first-order valence-corrected chi connectivity index (χ1v) is 6.63. The van der Waals surface area contributed by atoms with Crippen molar-refractivity contribution in [3.05, 3.63) is 41.3 Å². The maximum absolute atomic E-state index is 13.2. The minimum Gasteiger partial charge on any atom is -0.308 e. The number of hydrogen-bond donors (Lipinski definition) is 2. The lowest BCUT2D eigenvalue weighted by atomic mass is 10.2. The minimum absolute atomic E-state index is 0.298. The van der Waals surface area contributed by atoms with Crippen molar-refractivity contribution in [2.45, 2.75) is 11.5 Å². The van der Waals surface area contributed by atoms with Gasteiger partial charge in [0.25, 0.3) is 0 Å². The van der Waals surface area contributed by atoms with E-state index in [0.29, 0.717) is 17.2 Å². The predicted octanol–water partition coefficient (Wildman–Crippen LogP) is 2.32. The Hall–Kier alpha value is -1.66. The Morgan fingerprint density at radius 1 is 1.28 bits per heavy atom. The molecule has 2 heterocycles. The second kappa shape index (κ2) is 4.55. The van der Waals surface area contributed by atoms with Crippen LogP contribution in [0.1, 0.15) is 11.3 Å². The summed E-state index contributed by atoms with van der Waals surface area (Å²) in [5.74, 6) is 8.01. The molecule has 1 aliphatic heterocycles. The van der Waals surface area contributed by atoms with Crippen molar-refractivity contribution in [2.24, 2.45) is 5.84 Å². The Morgan fingerprint density at radius 2 is 2.17 bits per heavy atom. The molecule has 0 bridgehead atoms. The van der Waals surface area contributed by atoms with E-state index in [2.05, 4.69) is 15.4 Å². The number of hydrogen-bond acceptors (Lipinski definition) is 5. The quantitative estimate of drug-likeness (QED) is 0.642. The highest BCUT2D eigenvalue weighted by atomic mass is 32.2. The fraction of sp³-hybridized carbons (Fsp3) is 0.167. The fourth-order valence-corrected chi connectivity index (χ4v) is 2.97. The molecule has 3 N–H and O–H groups in total. The molecule has 1 aromatic heterocycles. The molecule has 1 aromatic carbocycles. The third-order valence-electron chi connectivity index (χ3n) is 2.80. The second-order valence-corrected chi connectivity index (χ2v) is 4.95. The summed E-state index contributed by atoms with van der Waals surface area (Å²) < 4.78 is 13.2. The summed E-state index contributed by atoms with van der Waals surface area (Å²) in [6.07, 6.45) is 0. The normalized spacial score (nSPS) is 13.4. The van der Waals surface area contributed by atoms with Gasteiger partial charge in [0.05, 0.1) is 5.69 Å². The first kappa shape index (κ1) is 11.4. The fourth-order valence-electron chi connectivity index (χ4n) is 1.93. The zero-order valence-corrected chi connectivity index (χ0v) is 10.3. The summed E-state index contributed by atoms with van der Waals surface area (Å²) in [5.41, 5.74) is 5.27. The number of fused-ring (bicyclic) bond motifs is 1. The smallest absolute Gasteiger partial charge is 0.161 e. The van der Waals surface area contributed by atoms with Gasteiger partial charge in [-0.15, -0.1) is 0 Å². The van der Waals surface area contributed by atoms with Crippen molar-refractivity contribution in [1.29, 1.82) is 0 Å². The largest absolute Gasteiger partial charge is 0.308 e. The number of anilines is 1. The van der Waals surface area contributed by atoms with Crippen molar-refractivity contribution in [3.8, 4) is 11.4 Å². The number of benzene rings is 1. The van der Waals surface area contributed by atoms with Crippen molar-refractivity contribution >= 4 is 17.6 Å². The molecular weight excluding hydrogens is 251 g/mol. The van der Waals surface area contributed by atoms with Crippen LogP contribution in [0, 0.1) is 5.82 Å². The van der Waals surface area contributed by atoms with Gasteiger partial charge in [-0.05, 0) is 12.1 Å². The van der Waals surface area contributed by atoms with Gasteiger partial charge in [-0.2, -0.15) is 11.8 Å². The molecule has 3 rings (SSSR count). The molecule has 18 heavy (non-hydrogen) atoms. The van der Waals surface area contributed by atoms with E-state index in [9.17, 15) is 4.39 Å². The average Bonchev–Trinajstić information content (AvgIpc) is 2.85. The van der Waals surface area contributed by atoms with Crippen molar-refractivity contribution in [2.75, 3.05) is 5.43 Å². The van der Waals surface area contributed by atoms with Crippen LogP contribution in [0.3, 0.4) is 0 Å². The standard InChI is InChI=1S/C12H11FN4S/c13-8-3-1-2-7(4-8)11-15-10-6-18-5-9(10)12(16-11)17-14/h1-4H,5-6,14H2,(H,15,16,17). The van der Waals surface area contributed by atoms with Gasteiger partial charge in [0.15, 0.2) is 5.82 Å². The van der Waals surface area contributed by atoms with Crippen LogP contribution in [0.2, 0.25) is 0 Å². The van der Waals surface area contributed by atoms with Crippen LogP contribution < -0.4 is 11.3 Å². The van der Waals surface area contributed by atoms with E-state index in [4.69, 9.17) is 5.84 Å². The maximum Gasteiger partial charge on any atom is 0.161 e. The molecule has 0 amide bonds. The number of nitrogen functional groups attached to an aromatic ring is 1. The van der Waals surface area contributed by atoms with Gasteiger partial charge in [0, 0.05) is 22.6 Å². The molecule has 0 aliphatic carbocycles. The Kier molecular flexibility index (Phi) is 2.89. The van der Waals surface area contributed by atoms with Gasteiger partial charge in [0.1, 0.15) is 11.6 Å². The molecule has 0 saturated heterocycles. The monoisotopic (exact) mass is 262 g/mol. The summed E-state index contributed by atoms with van der Waals surface area (Å²) in [7, 11) is 0. The summed E-state index contributed by atoms with van der Waals surface area (Å²) in [6.45, 7) is 0. The summed E-state index contributed by atoms with van der Waals surface area (Å²) >= 11 is 1.77. The van der Waals surface area contributed by atoms with E-state index >= 15 is 0 Å². The number of aromatic nitrogens is 2. The number of rotatable bonds is 2. The van der Waals surface area contributed by atoms with Crippen LogP contribution in [0.25, 0.3) is 11.4 Å². The van der Waals surface area contributed by atoms with Gasteiger partial charge in [0.2, 0.25) is 0 Å². The van der Waals surface area contributed by atoms with Crippen LogP contribution in [0.5, 0.6) is 0 Å². The van der Waals surface area contributed by atoms with Crippen molar-refractivity contribution in [1.82, 2.24) is 9.97 Å². The van der Waals surface area contributed by atoms with E-state index in [1.54, 1.807) is 23.9 Å². The number of nitrogens with one attached hydrogen (secondary N) is 1. The van der Waals surface area contributed by atoms with Gasteiger partial charge >= 0.3 is 0 Å². The molecule has 4 nitrogen and oxygen atoms in total. The molecule has 0 unspecified atom stereocenters. The summed E-state index contributed by atoms with van der Waals surface area (Å²) in [5, 5.41) is 0. The highest BCUT2D eigenvalue weighted by Gasteiger charge is 2.19. The SMILES string of the molecule is NNc1nc(-c2cccc(F)c2)nc2c1CSC2. The average molecular weight is 262 g/mol. The Labute approximate surface area is 108 Å². The number of nitrogens with zero attached hydrogens (tertiary/aromatic N) is 2. The maximum atomic E-state index is 13.2. The van der Waals surface area contributed by atoms with Crippen LogP contribution in [-0.4, -0.2) is 9.97 Å². The van der Waals surface area contributed by atoms with E-state index in [0.717, 1.165) is 22.8 Å². The number of halogens is 1. The highest BCUT2D eigenvalue weighted by molar-refractivity contribution is 7.98. The molecule has 92 valence electrons. The van der Waals surface area contributed by atoms with Gasteiger partial charge < -0.3 is 5.43 Å². The van der Waals surface area contributed by atoms with E-state index in [1.807, 2.05) is 0 Å².